The first-order chi connectivity index (χ1) is 16.3. The number of benzene rings is 2. The van der Waals surface area contributed by atoms with Crippen molar-refractivity contribution in [2.45, 2.75) is 19.3 Å². The second kappa shape index (κ2) is 11.2. The number of nitrogen functional groups attached to an aromatic ring is 1. The molecule has 0 aliphatic carbocycles. The molecule has 178 valence electrons. The summed E-state index contributed by atoms with van der Waals surface area (Å²) < 4.78 is 44.7. The Hall–Kier alpha value is -4.05. The van der Waals surface area contributed by atoms with E-state index >= 15 is 0 Å². The molecule has 34 heavy (non-hydrogen) atoms. The third-order valence-electron chi connectivity index (χ3n) is 4.96. The standard InChI is InChI=1S/C24H24F2N4O4/c1-32-17-10-18(25)21(19(26)11-17)22(33-2)24(31)30-12-15-7-6-14(23(27)28)9-20(15)34-13-16-5-3-4-8-29-16/h3-11,22H,12-13H2,1-2H3,(H3,27,28)(H,30,31)/t22-/m0/s1. The van der Waals surface area contributed by atoms with E-state index in [0.717, 1.165) is 12.1 Å². The second-order valence-electron chi connectivity index (χ2n) is 7.18. The summed E-state index contributed by atoms with van der Waals surface area (Å²) in [7, 11) is 2.45. The van der Waals surface area contributed by atoms with Crippen molar-refractivity contribution in [1.29, 1.82) is 5.41 Å². The number of hydrogen-bond acceptors (Lipinski definition) is 6. The number of pyridine rings is 1. The zero-order valence-corrected chi connectivity index (χ0v) is 18.6. The van der Waals surface area contributed by atoms with Gasteiger partial charge in [-0.15, -0.1) is 0 Å². The van der Waals surface area contributed by atoms with Gasteiger partial charge in [-0.3, -0.25) is 15.2 Å². The molecule has 0 spiro atoms. The lowest BCUT2D eigenvalue weighted by Crippen LogP contribution is -2.31. The average molecular weight is 470 g/mol. The Balaban J connectivity index is 1.79. The van der Waals surface area contributed by atoms with Gasteiger partial charge >= 0.3 is 0 Å². The molecule has 0 radical (unpaired) electrons. The summed E-state index contributed by atoms with van der Waals surface area (Å²) in [5.74, 6) is -2.49. The number of amidine groups is 1. The molecule has 0 bridgehead atoms. The van der Waals surface area contributed by atoms with Crippen LogP contribution in [0.25, 0.3) is 0 Å². The fraction of sp³-hybridized carbons (Fsp3) is 0.208. The Bertz CT molecular complexity index is 1150. The first kappa shape index (κ1) is 24.6. The van der Waals surface area contributed by atoms with E-state index in [9.17, 15) is 13.6 Å². The van der Waals surface area contributed by atoms with Crippen molar-refractivity contribution in [3.05, 3.63) is 88.7 Å². The lowest BCUT2D eigenvalue weighted by molar-refractivity contribution is -0.131. The molecule has 4 N–H and O–H groups in total. The predicted molar refractivity (Wildman–Crippen MR) is 121 cm³/mol. The lowest BCUT2D eigenvalue weighted by Gasteiger charge is -2.19. The topological polar surface area (TPSA) is 120 Å². The number of nitrogens with two attached hydrogens (primary N) is 1. The molecular formula is C24H24F2N4O4. The molecule has 10 heteroatoms. The minimum Gasteiger partial charge on any atom is -0.497 e. The number of nitrogens with zero attached hydrogens (tertiary/aromatic N) is 1. The summed E-state index contributed by atoms with van der Waals surface area (Å²) in [6.07, 6.45) is 0.106. The van der Waals surface area contributed by atoms with Gasteiger partial charge in [0.1, 0.15) is 35.6 Å². The second-order valence-corrected chi connectivity index (χ2v) is 7.18. The Morgan fingerprint density at radius 1 is 1.15 bits per heavy atom. The van der Waals surface area contributed by atoms with Crippen LogP contribution in [-0.2, 0) is 22.7 Å². The molecule has 0 aliphatic heterocycles. The van der Waals surface area contributed by atoms with Crippen LogP contribution in [0.1, 0.15) is 28.5 Å². The van der Waals surface area contributed by atoms with E-state index < -0.39 is 29.2 Å². The largest absolute Gasteiger partial charge is 0.497 e. The minimum atomic E-state index is -1.53. The van der Waals surface area contributed by atoms with E-state index in [1.54, 1.807) is 36.5 Å². The van der Waals surface area contributed by atoms with Crippen LogP contribution in [0.5, 0.6) is 11.5 Å². The zero-order chi connectivity index (χ0) is 24.7. The van der Waals surface area contributed by atoms with E-state index in [2.05, 4.69) is 10.3 Å². The van der Waals surface area contributed by atoms with Gasteiger partial charge in [-0.05, 0) is 18.2 Å². The summed E-state index contributed by atoms with van der Waals surface area (Å²) in [6.45, 7) is 0.111. The predicted octanol–water partition coefficient (Wildman–Crippen LogP) is 3.24. The molecule has 3 aromatic rings. The maximum absolute atomic E-state index is 14.5. The van der Waals surface area contributed by atoms with Crippen LogP contribution < -0.4 is 20.5 Å². The maximum Gasteiger partial charge on any atom is 0.254 e. The van der Waals surface area contributed by atoms with Crippen molar-refractivity contribution < 1.29 is 27.8 Å². The monoisotopic (exact) mass is 470 g/mol. The number of ether oxygens (including phenoxy) is 3. The Labute approximate surface area is 195 Å². The summed E-state index contributed by atoms with van der Waals surface area (Å²) >= 11 is 0. The van der Waals surface area contributed by atoms with Gasteiger partial charge < -0.3 is 25.3 Å². The Morgan fingerprint density at radius 3 is 2.47 bits per heavy atom. The van der Waals surface area contributed by atoms with Crippen molar-refractivity contribution >= 4 is 11.7 Å². The van der Waals surface area contributed by atoms with Gasteiger partial charge in [0.25, 0.3) is 5.91 Å². The molecule has 1 heterocycles. The molecule has 8 nitrogen and oxygen atoms in total. The summed E-state index contributed by atoms with van der Waals surface area (Å²) in [4.78, 5) is 17.0. The molecule has 1 atom stereocenters. The minimum absolute atomic E-state index is 0.0192. The van der Waals surface area contributed by atoms with Crippen LogP contribution in [0.3, 0.4) is 0 Å². The molecule has 0 saturated carbocycles. The quantitative estimate of drug-likeness (QED) is 0.309. The normalized spacial score (nSPS) is 11.5. The molecule has 0 saturated heterocycles. The van der Waals surface area contributed by atoms with Crippen molar-refractivity contribution in [2.24, 2.45) is 5.73 Å². The molecule has 0 unspecified atom stereocenters. The van der Waals surface area contributed by atoms with Gasteiger partial charge in [0.2, 0.25) is 0 Å². The number of methoxy groups -OCH3 is 2. The average Bonchev–Trinajstić information content (AvgIpc) is 2.84. The smallest absolute Gasteiger partial charge is 0.254 e. The van der Waals surface area contributed by atoms with Crippen LogP contribution in [0.2, 0.25) is 0 Å². The molecule has 0 fully saturated rings. The van der Waals surface area contributed by atoms with Gasteiger partial charge in [0.05, 0.1) is 18.4 Å². The van der Waals surface area contributed by atoms with Crippen molar-refractivity contribution in [2.75, 3.05) is 14.2 Å². The van der Waals surface area contributed by atoms with Gasteiger partial charge in [-0.2, -0.15) is 0 Å². The van der Waals surface area contributed by atoms with Gasteiger partial charge in [0.15, 0.2) is 6.10 Å². The maximum atomic E-state index is 14.5. The van der Waals surface area contributed by atoms with Crippen molar-refractivity contribution in [3.63, 3.8) is 0 Å². The summed E-state index contributed by atoms with van der Waals surface area (Å²) in [5.41, 5.74) is 6.72. The van der Waals surface area contributed by atoms with Crippen LogP contribution >= 0.6 is 0 Å². The first-order valence-electron chi connectivity index (χ1n) is 10.2. The first-order valence-corrected chi connectivity index (χ1v) is 10.2. The van der Waals surface area contributed by atoms with E-state index in [0.29, 0.717) is 22.6 Å². The molecule has 0 aliphatic rings. The van der Waals surface area contributed by atoms with Crippen LogP contribution in [-0.4, -0.2) is 30.9 Å². The molecule has 2 aromatic carbocycles. The fourth-order valence-electron chi connectivity index (χ4n) is 3.20. The fourth-order valence-corrected chi connectivity index (χ4v) is 3.20. The highest BCUT2D eigenvalue weighted by Gasteiger charge is 2.28. The number of rotatable bonds is 10. The zero-order valence-electron chi connectivity index (χ0n) is 18.6. The van der Waals surface area contributed by atoms with E-state index in [1.807, 2.05) is 6.07 Å². The van der Waals surface area contributed by atoms with Crippen molar-refractivity contribution in [3.8, 4) is 11.5 Å². The SMILES string of the molecule is COc1cc(F)c([C@H](OC)C(=O)NCc2ccc(C(=N)N)cc2OCc2ccccn2)c(F)c1. The third-order valence-corrected chi connectivity index (χ3v) is 4.96. The van der Waals surface area contributed by atoms with Crippen LogP contribution in [0.15, 0.2) is 54.7 Å². The Morgan fingerprint density at radius 2 is 1.88 bits per heavy atom. The number of aromatic nitrogens is 1. The molecular weight excluding hydrogens is 446 g/mol. The van der Waals surface area contributed by atoms with Crippen molar-refractivity contribution in [1.82, 2.24) is 10.3 Å². The van der Waals surface area contributed by atoms with Gasteiger partial charge in [-0.1, -0.05) is 18.2 Å². The van der Waals surface area contributed by atoms with Gasteiger partial charge in [-0.25, -0.2) is 8.78 Å². The van der Waals surface area contributed by atoms with E-state index in [1.165, 1.54) is 14.2 Å². The van der Waals surface area contributed by atoms with E-state index in [-0.39, 0.29) is 24.7 Å². The lowest BCUT2D eigenvalue weighted by atomic mass is 10.1. The number of nitrogens with one attached hydrogen (secondary N) is 2. The number of carbonyl (C=O) groups excluding carboxylic acids is 1. The van der Waals surface area contributed by atoms with Crippen LogP contribution in [0.4, 0.5) is 8.78 Å². The molecule has 1 amide bonds. The number of carbonyl (C=O) groups is 1. The number of halogens is 2. The molecule has 1 aromatic heterocycles. The molecule has 3 rings (SSSR count). The highest BCUT2D eigenvalue weighted by molar-refractivity contribution is 5.95. The Kier molecular flexibility index (Phi) is 8.10. The van der Waals surface area contributed by atoms with E-state index in [4.69, 9.17) is 25.4 Å². The number of amides is 1. The summed E-state index contributed by atoms with van der Waals surface area (Å²) in [5, 5.41) is 10.3. The number of hydrogen-bond donors (Lipinski definition) is 3. The highest BCUT2D eigenvalue weighted by atomic mass is 19.1. The van der Waals surface area contributed by atoms with Crippen LogP contribution in [0, 0.1) is 17.0 Å². The third kappa shape index (κ3) is 5.84. The van der Waals surface area contributed by atoms with Gasteiger partial charge in [0, 0.05) is 43.1 Å². The highest BCUT2D eigenvalue weighted by Crippen LogP contribution is 2.28. The summed E-state index contributed by atoms with van der Waals surface area (Å²) in [6, 6.07) is 12.2.